The topological polar surface area (TPSA) is 83.1 Å². The molecule has 0 spiro atoms. The van der Waals surface area contributed by atoms with E-state index in [4.69, 9.17) is 0 Å². The number of imide groups is 3. The fraction of sp³-hybridized carbons (Fsp3) is 0. The molecule has 0 aromatic carbocycles. The van der Waals surface area contributed by atoms with Gasteiger partial charge in [0.25, 0.3) is 5.91 Å². The molecule has 0 aliphatic heterocycles. The van der Waals surface area contributed by atoms with Crippen LogP contribution in [0, 0.1) is 0 Å². The second-order valence-corrected chi connectivity index (χ2v) is 1.88. The molecule has 13 heavy (non-hydrogen) atoms. The first-order valence-corrected chi connectivity index (χ1v) is 3.02. The maximum Gasteiger partial charge on any atom is 0.287 e. The van der Waals surface area contributed by atoms with Gasteiger partial charge < -0.3 is 0 Å². The number of H-pyrrole nitrogens is 1. The molecule has 7 heteroatoms. The number of carbonyl (C=O) groups excluding carboxylic acids is 3. The smallest absolute Gasteiger partial charge is 0.285 e. The van der Waals surface area contributed by atoms with E-state index in [1.165, 1.54) is 12.3 Å². The van der Waals surface area contributed by atoms with Crippen LogP contribution in [0.3, 0.4) is 0 Å². The van der Waals surface area contributed by atoms with E-state index in [0.29, 0.717) is 4.90 Å². The van der Waals surface area contributed by atoms with Gasteiger partial charge in [-0.15, -0.1) is 12.4 Å². The van der Waals surface area contributed by atoms with Crippen molar-refractivity contribution >= 4 is 31.1 Å². The monoisotopic (exact) mass is 203 g/mol. The molecule has 1 aromatic heterocycles. The molecule has 0 aliphatic rings. The fourth-order valence-electron chi connectivity index (χ4n) is 0.632. The SMILES string of the molecule is Cl.O=CN(C=O)C(=O)c1cc[nH]n1. The van der Waals surface area contributed by atoms with E-state index in [1.807, 2.05) is 0 Å². The van der Waals surface area contributed by atoms with Gasteiger partial charge in [0, 0.05) is 6.20 Å². The highest BCUT2D eigenvalue weighted by Gasteiger charge is 2.15. The third kappa shape index (κ3) is 2.38. The standard InChI is InChI=1S/C6H5N3O3.ClH/c10-3-9(4-11)6(12)5-1-2-7-8-5;/h1-4H,(H,7,8);1H. The average molecular weight is 204 g/mol. The van der Waals surface area contributed by atoms with E-state index < -0.39 is 5.91 Å². The molecule has 0 radical (unpaired) electrons. The van der Waals surface area contributed by atoms with E-state index >= 15 is 0 Å². The van der Waals surface area contributed by atoms with Gasteiger partial charge in [-0.2, -0.15) is 5.10 Å². The van der Waals surface area contributed by atoms with Gasteiger partial charge in [-0.3, -0.25) is 19.5 Å². The van der Waals surface area contributed by atoms with Gasteiger partial charge in [0.2, 0.25) is 12.8 Å². The first-order valence-electron chi connectivity index (χ1n) is 3.02. The normalized spacial score (nSPS) is 8.31. The second-order valence-electron chi connectivity index (χ2n) is 1.88. The first kappa shape index (κ1) is 11.3. The Labute approximate surface area is 79.3 Å². The molecule has 1 rings (SSSR count). The highest BCUT2D eigenvalue weighted by Crippen LogP contribution is 1.95. The number of nitrogens with one attached hydrogen (secondary N) is 1. The predicted molar refractivity (Wildman–Crippen MR) is 44.1 cm³/mol. The van der Waals surface area contributed by atoms with Crippen LogP contribution >= 0.6 is 12.4 Å². The Hall–Kier alpha value is -1.69. The lowest BCUT2D eigenvalue weighted by molar-refractivity contribution is -0.126. The van der Waals surface area contributed by atoms with Gasteiger partial charge in [-0.1, -0.05) is 0 Å². The van der Waals surface area contributed by atoms with Gasteiger partial charge in [-0.25, -0.2) is 4.90 Å². The van der Waals surface area contributed by atoms with Crippen LogP contribution in [-0.2, 0) is 9.59 Å². The average Bonchev–Trinajstić information content (AvgIpc) is 2.58. The Balaban J connectivity index is 0.00000144. The number of hydrogen-bond acceptors (Lipinski definition) is 4. The minimum absolute atomic E-state index is 0. The summed E-state index contributed by atoms with van der Waals surface area (Å²) in [4.78, 5) is 31.6. The summed E-state index contributed by atoms with van der Waals surface area (Å²) in [5.41, 5.74) is 0.0224. The van der Waals surface area contributed by atoms with Gasteiger partial charge in [0.15, 0.2) is 5.69 Å². The van der Waals surface area contributed by atoms with Crippen LogP contribution in [0.15, 0.2) is 12.3 Å². The predicted octanol–water partition coefficient (Wildman–Crippen LogP) is -0.414. The molecule has 0 saturated heterocycles. The molecule has 0 atom stereocenters. The van der Waals surface area contributed by atoms with Crippen molar-refractivity contribution in [2.75, 3.05) is 0 Å². The zero-order chi connectivity index (χ0) is 8.97. The quantitative estimate of drug-likeness (QED) is 0.677. The molecule has 0 fully saturated rings. The van der Waals surface area contributed by atoms with Crippen LogP contribution in [0.25, 0.3) is 0 Å². The summed E-state index contributed by atoms with van der Waals surface area (Å²) in [5, 5.41) is 5.88. The van der Waals surface area contributed by atoms with Crippen molar-refractivity contribution in [2.45, 2.75) is 0 Å². The number of amides is 3. The number of rotatable bonds is 3. The number of carbonyl (C=O) groups is 3. The lowest BCUT2D eigenvalue weighted by Gasteiger charge is -2.02. The highest BCUT2D eigenvalue weighted by atomic mass is 35.5. The first-order chi connectivity index (χ1) is 5.79. The van der Waals surface area contributed by atoms with E-state index in [9.17, 15) is 14.4 Å². The van der Waals surface area contributed by atoms with E-state index in [-0.39, 0.29) is 30.9 Å². The van der Waals surface area contributed by atoms with Crippen LogP contribution in [-0.4, -0.2) is 33.8 Å². The summed E-state index contributed by atoms with van der Waals surface area (Å²) in [7, 11) is 0. The third-order valence-electron chi connectivity index (χ3n) is 1.18. The molecule has 0 saturated carbocycles. The zero-order valence-corrected chi connectivity index (χ0v) is 7.15. The maximum absolute atomic E-state index is 11.0. The Morgan fingerprint density at radius 1 is 1.46 bits per heavy atom. The third-order valence-corrected chi connectivity index (χ3v) is 1.18. The van der Waals surface area contributed by atoms with Gasteiger partial charge in [0.05, 0.1) is 0 Å². The fourth-order valence-corrected chi connectivity index (χ4v) is 0.632. The van der Waals surface area contributed by atoms with Crippen molar-refractivity contribution in [1.29, 1.82) is 0 Å². The summed E-state index contributed by atoms with van der Waals surface area (Å²) in [6.07, 6.45) is 1.68. The van der Waals surface area contributed by atoms with Crippen LogP contribution in [0.5, 0.6) is 0 Å². The number of nitrogens with zero attached hydrogens (tertiary/aromatic N) is 2. The Morgan fingerprint density at radius 2 is 2.08 bits per heavy atom. The Bertz CT molecular complexity index is 290. The molecule has 6 nitrogen and oxygen atoms in total. The molecular formula is C6H6ClN3O3. The molecule has 0 aliphatic carbocycles. The molecule has 70 valence electrons. The van der Waals surface area contributed by atoms with E-state index in [1.54, 1.807) is 0 Å². The Morgan fingerprint density at radius 3 is 2.46 bits per heavy atom. The van der Waals surface area contributed by atoms with Crippen molar-refractivity contribution in [1.82, 2.24) is 15.1 Å². The number of hydrogen-bond donors (Lipinski definition) is 1. The van der Waals surface area contributed by atoms with Gasteiger partial charge in [-0.05, 0) is 6.07 Å². The maximum atomic E-state index is 11.0. The second kappa shape index (κ2) is 5.04. The number of aromatic amines is 1. The van der Waals surface area contributed by atoms with Crippen LogP contribution in [0.2, 0.25) is 0 Å². The molecule has 0 bridgehead atoms. The number of aromatic nitrogens is 2. The van der Waals surface area contributed by atoms with E-state index in [2.05, 4.69) is 10.2 Å². The summed E-state index contributed by atoms with van der Waals surface area (Å²) < 4.78 is 0. The minimum atomic E-state index is -0.749. The lowest BCUT2D eigenvalue weighted by Crippen LogP contribution is -2.28. The lowest BCUT2D eigenvalue weighted by atomic mass is 10.4. The zero-order valence-electron chi connectivity index (χ0n) is 6.34. The Kier molecular flexibility index (Phi) is 4.39. The van der Waals surface area contributed by atoms with Crippen LogP contribution < -0.4 is 0 Å². The van der Waals surface area contributed by atoms with Crippen molar-refractivity contribution < 1.29 is 14.4 Å². The van der Waals surface area contributed by atoms with Crippen molar-refractivity contribution in [3.05, 3.63) is 18.0 Å². The molecule has 0 unspecified atom stereocenters. The molecule has 1 heterocycles. The van der Waals surface area contributed by atoms with E-state index in [0.717, 1.165) is 0 Å². The molecular weight excluding hydrogens is 198 g/mol. The highest BCUT2D eigenvalue weighted by molar-refractivity contribution is 6.05. The van der Waals surface area contributed by atoms with Crippen molar-refractivity contribution in [3.8, 4) is 0 Å². The van der Waals surface area contributed by atoms with Crippen LogP contribution in [0.1, 0.15) is 10.5 Å². The van der Waals surface area contributed by atoms with Gasteiger partial charge in [0.1, 0.15) is 0 Å². The molecule has 1 N–H and O–H groups in total. The summed E-state index contributed by atoms with van der Waals surface area (Å²) in [6, 6.07) is 1.36. The van der Waals surface area contributed by atoms with Crippen molar-refractivity contribution in [3.63, 3.8) is 0 Å². The summed E-state index contributed by atoms with van der Waals surface area (Å²) in [5.74, 6) is -0.749. The summed E-state index contributed by atoms with van der Waals surface area (Å²) >= 11 is 0. The minimum Gasteiger partial charge on any atom is -0.285 e. The molecule has 3 amide bonds. The van der Waals surface area contributed by atoms with Crippen LogP contribution in [0.4, 0.5) is 0 Å². The number of halogens is 1. The van der Waals surface area contributed by atoms with Gasteiger partial charge >= 0.3 is 0 Å². The largest absolute Gasteiger partial charge is 0.287 e. The molecule has 1 aromatic rings. The van der Waals surface area contributed by atoms with Crippen molar-refractivity contribution in [2.24, 2.45) is 0 Å². The summed E-state index contributed by atoms with van der Waals surface area (Å²) in [6.45, 7) is 0.